The summed E-state index contributed by atoms with van der Waals surface area (Å²) in [7, 11) is 0. The zero-order valence-electron chi connectivity index (χ0n) is 11.2. The number of ether oxygens (including phenoxy) is 1. The van der Waals surface area contributed by atoms with Crippen LogP contribution >= 0.6 is 15.9 Å². The molecule has 1 N–H and O–H groups in total. The van der Waals surface area contributed by atoms with Crippen LogP contribution in [0.5, 0.6) is 0 Å². The van der Waals surface area contributed by atoms with E-state index >= 15 is 0 Å². The third kappa shape index (κ3) is 2.86. The van der Waals surface area contributed by atoms with Gasteiger partial charge in [-0.25, -0.2) is 0 Å². The molecule has 2 aliphatic rings. The lowest BCUT2D eigenvalue weighted by Gasteiger charge is -2.31. The Balaban J connectivity index is 2.05. The number of Topliss-reactive ketones (excluding diaryl/α,β-unsaturated/α-hetero) is 1. The molecule has 102 valence electrons. The van der Waals surface area contributed by atoms with Gasteiger partial charge in [0.1, 0.15) is 0 Å². The van der Waals surface area contributed by atoms with Crippen LogP contribution in [0.15, 0.2) is 10.6 Å². The standard InChI is InChI=1S/C14H21BrO3/c1-9(7-13(2,3)17)6-10-11(15)4-5-12(16)14(10)8-18-14/h4,9-10,17H,5-8H2,1-3H3/t9?,10?,14-/m1/s1. The Morgan fingerprint density at radius 3 is 2.78 bits per heavy atom. The molecule has 1 saturated heterocycles. The highest BCUT2D eigenvalue weighted by molar-refractivity contribution is 9.11. The normalized spacial score (nSPS) is 33.5. The molecule has 3 atom stereocenters. The number of carbonyl (C=O) groups excluding carboxylic acids is 1. The lowest BCUT2D eigenvalue weighted by molar-refractivity contribution is -0.125. The van der Waals surface area contributed by atoms with E-state index in [0.29, 0.717) is 18.9 Å². The number of carbonyl (C=O) groups is 1. The predicted molar refractivity (Wildman–Crippen MR) is 73.5 cm³/mol. The van der Waals surface area contributed by atoms with E-state index in [1.165, 1.54) is 0 Å². The molecule has 1 spiro atoms. The van der Waals surface area contributed by atoms with E-state index in [2.05, 4.69) is 22.9 Å². The minimum atomic E-state index is -0.661. The van der Waals surface area contributed by atoms with Crippen molar-refractivity contribution < 1.29 is 14.6 Å². The van der Waals surface area contributed by atoms with Gasteiger partial charge in [-0.05, 0) is 37.1 Å². The van der Waals surface area contributed by atoms with E-state index in [1.807, 2.05) is 19.9 Å². The second-order valence-electron chi connectivity index (χ2n) is 6.30. The smallest absolute Gasteiger partial charge is 0.171 e. The number of aliphatic hydroxyl groups is 1. The number of rotatable bonds is 4. The lowest BCUT2D eigenvalue weighted by atomic mass is 9.76. The maximum atomic E-state index is 12.0. The van der Waals surface area contributed by atoms with E-state index in [0.717, 1.165) is 17.3 Å². The van der Waals surface area contributed by atoms with Crippen molar-refractivity contribution in [2.75, 3.05) is 6.61 Å². The molecule has 0 radical (unpaired) electrons. The van der Waals surface area contributed by atoms with Crippen LogP contribution in [0.4, 0.5) is 0 Å². The largest absolute Gasteiger partial charge is 0.390 e. The molecule has 4 heteroatoms. The molecule has 0 aromatic heterocycles. The van der Waals surface area contributed by atoms with Gasteiger partial charge in [-0.15, -0.1) is 0 Å². The van der Waals surface area contributed by atoms with Crippen LogP contribution in [-0.4, -0.2) is 28.7 Å². The second-order valence-corrected chi connectivity index (χ2v) is 7.22. The van der Waals surface area contributed by atoms with Crippen LogP contribution in [0.3, 0.4) is 0 Å². The van der Waals surface area contributed by atoms with E-state index < -0.39 is 11.2 Å². The van der Waals surface area contributed by atoms with Gasteiger partial charge < -0.3 is 9.84 Å². The molecule has 0 aromatic rings. The van der Waals surface area contributed by atoms with Crippen LogP contribution < -0.4 is 0 Å². The molecular weight excluding hydrogens is 296 g/mol. The number of halogens is 1. The maximum Gasteiger partial charge on any atom is 0.171 e. The molecule has 2 unspecified atom stereocenters. The molecule has 1 aliphatic carbocycles. The zero-order valence-corrected chi connectivity index (χ0v) is 12.8. The van der Waals surface area contributed by atoms with E-state index in [1.54, 1.807) is 0 Å². The van der Waals surface area contributed by atoms with Gasteiger partial charge in [0, 0.05) is 12.3 Å². The average molecular weight is 317 g/mol. The van der Waals surface area contributed by atoms with Gasteiger partial charge in [-0.1, -0.05) is 28.9 Å². The molecule has 0 bridgehead atoms. The fourth-order valence-corrected chi connectivity index (χ4v) is 3.72. The number of epoxide rings is 1. The van der Waals surface area contributed by atoms with Crippen molar-refractivity contribution >= 4 is 21.7 Å². The Bertz CT molecular complexity index is 377. The fourth-order valence-electron chi connectivity index (χ4n) is 3.00. The first-order valence-electron chi connectivity index (χ1n) is 6.50. The van der Waals surface area contributed by atoms with Crippen LogP contribution in [0.1, 0.15) is 40.0 Å². The summed E-state index contributed by atoms with van der Waals surface area (Å²) in [5, 5.41) is 9.86. The molecule has 3 nitrogen and oxygen atoms in total. The van der Waals surface area contributed by atoms with Gasteiger partial charge in [0.05, 0.1) is 12.2 Å². The summed E-state index contributed by atoms with van der Waals surface area (Å²) in [6.45, 7) is 6.32. The van der Waals surface area contributed by atoms with Crippen molar-refractivity contribution in [1.82, 2.24) is 0 Å². The maximum absolute atomic E-state index is 12.0. The minimum absolute atomic E-state index is 0.121. The quantitative estimate of drug-likeness (QED) is 0.811. The molecule has 0 aromatic carbocycles. The van der Waals surface area contributed by atoms with Gasteiger partial charge in [0.2, 0.25) is 0 Å². The summed E-state index contributed by atoms with van der Waals surface area (Å²) >= 11 is 3.57. The molecule has 18 heavy (non-hydrogen) atoms. The number of allylic oxidation sites excluding steroid dienone is 1. The van der Waals surface area contributed by atoms with E-state index in [-0.39, 0.29) is 11.7 Å². The molecular formula is C14H21BrO3. The van der Waals surface area contributed by atoms with E-state index in [4.69, 9.17) is 4.74 Å². The topological polar surface area (TPSA) is 49.8 Å². The van der Waals surface area contributed by atoms with Crippen molar-refractivity contribution in [1.29, 1.82) is 0 Å². The van der Waals surface area contributed by atoms with Gasteiger partial charge >= 0.3 is 0 Å². The summed E-state index contributed by atoms with van der Waals surface area (Å²) in [4.78, 5) is 12.0. The highest BCUT2D eigenvalue weighted by atomic mass is 79.9. The first-order valence-corrected chi connectivity index (χ1v) is 7.29. The first-order chi connectivity index (χ1) is 8.24. The van der Waals surface area contributed by atoms with Gasteiger partial charge in [-0.2, -0.15) is 0 Å². The Kier molecular flexibility index (Phi) is 3.74. The van der Waals surface area contributed by atoms with Crippen molar-refractivity contribution in [2.45, 2.75) is 51.2 Å². The van der Waals surface area contributed by atoms with E-state index in [9.17, 15) is 9.90 Å². The summed E-state index contributed by atoms with van der Waals surface area (Å²) < 4.78 is 6.57. The SMILES string of the molecule is CC(CC1C(Br)=CCC(=O)[C@@]12CO2)CC(C)(C)O. The second kappa shape index (κ2) is 4.73. The number of hydrogen-bond acceptors (Lipinski definition) is 3. The highest BCUT2D eigenvalue weighted by Gasteiger charge is 2.59. The highest BCUT2D eigenvalue weighted by Crippen LogP contribution is 2.49. The predicted octanol–water partition coefficient (Wildman–Crippen LogP) is 2.81. The summed E-state index contributed by atoms with van der Waals surface area (Å²) in [6.07, 6.45) is 4.02. The Morgan fingerprint density at radius 2 is 2.28 bits per heavy atom. The van der Waals surface area contributed by atoms with Crippen molar-refractivity contribution in [3.63, 3.8) is 0 Å². The summed E-state index contributed by atoms with van der Waals surface area (Å²) in [5.74, 6) is 0.671. The van der Waals surface area contributed by atoms with Crippen LogP contribution in [0, 0.1) is 11.8 Å². The van der Waals surface area contributed by atoms with Gasteiger partial charge in [0.15, 0.2) is 11.4 Å². The lowest BCUT2D eigenvalue weighted by Crippen LogP contribution is -2.38. The zero-order chi connectivity index (χ0) is 13.6. The van der Waals surface area contributed by atoms with Crippen LogP contribution in [-0.2, 0) is 9.53 Å². The molecule has 1 aliphatic heterocycles. The molecule has 0 amide bonds. The monoisotopic (exact) mass is 316 g/mol. The molecule has 2 rings (SSSR count). The van der Waals surface area contributed by atoms with Gasteiger partial charge in [0.25, 0.3) is 0 Å². The molecule has 1 fully saturated rings. The third-order valence-corrected chi connectivity index (χ3v) is 4.67. The molecule has 0 saturated carbocycles. The Morgan fingerprint density at radius 1 is 1.67 bits per heavy atom. The van der Waals surface area contributed by atoms with Crippen molar-refractivity contribution in [2.24, 2.45) is 11.8 Å². The Hall–Kier alpha value is -0.190. The summed E-state index contributed by atoms with van der Waals surface area (Å²) in [5.41, 5.74) is -1.21. The van der Waals surface area contributed by atoms with Crippen LogP contribution in [0.25, 0.3) is 0 Å². The fraction of sp³-hybridized carbons (Fsp3) is 0.786. The minimum Gasteiger partial charge on any atom is -0.390 e. The van der Waals surface area contributed by atoms with Crippen molar-refractivity contribution in [3.05, 3.63) is 10.6 Å². The van der Waals surface area contributed by atoms with Crippen LogP contribution in [0.2, 0.25) is 0 Å². The van der Waals surface area contributed by atoms with Crippen molar-refractivity contribution in [3.8, 4) is 0 Å². The Labute approximate surface area is 117 Å². The molecule has 1 heterocycles. The number of hydrogen-bond donors (Lipinski definition) is 1. The number of ketones is 1. The van der Waals surface area contributed by atoms with Gasteiger partial charge in [-0.3, -0.25) is 4.79 Å². The summed E-state index contributed by atoms with van der Waals surface area (Å²) in [6, 6.07) is 0. The average Bonchev–Trinajstić information content (AvgIpc) is 2.98. The third-order valence-electron chi connectivity index (χ3n) is 3.79. The first kappa shape index (κ1) is 14.2.